The maximum atomic E-state index is 11.6. The van der Waals surface area contributed by atoms with Crippen LogP contribution in [0.2, 0.25) is 0 Å². The molecule has 7 heteroatoms. The van der Waals surface area contributed by atoms with E-state index in [1.54, 1.807) is 43.6 Å². The topological polar surface area (TPSA) is 103 Å². The first-order chi connectivity index (χ1) is 11.7. The summed E-state index contributed by atoms with van der Waals surface area (Å²) in [6, 6.07) is 8.62. The van der Waals surface area contributed by atoms with Crippen molar-refractivity contribution in [2.75, 3.05) is 12.8 Å². The van der Waals surface area contributed by atoms with Gasteiger partial charge in [-0.1, -0.05) is 13.8 Å². The number of aromatic nitrogens is 3. The van der Waals surface area contributed by atoms with Crippen molar-refractivity contribution >= 4 is 22.8 Å². The second-order valence-corrected chi connectivity index (χ2v) is 4.51. The zero-order chi connectivity index (χ0) is 17.5. The number of anilines is 1. The highest BCUT2D eigenvalue weighted by atomic mass is 16.5. The molecule has 0 spiro atoms. The molecule has 3 aromatic rings. The number of hydrogen-bond acceptors (Lipinski definition) is 6. The predicted octanol–water partition coefficient (Wildman–Crippen LogP) is 2.79. The monoisotopic (exact) mass is 325 g/mol. The SMILES string of the molecule is CC.CNC(=O)c1cc(Oc2ccc3nc(N)ncc3c2)ccn1. The number of benzene rings is 1. The number of carbonyl (C=O) groups is 1. The van der Waals surface area contributed by atoms with Crippen LogP contribution in [0.15, 0.2) is 42.7 Å². The van der Waals surface area contributed by atoms with E-state index in [4.69, 9.17) is 10.5 Å². The van der Waals surface area contributed by atoms with Gasteiger partial charge in [-0.2, -0.15) is 0 Å². The Morgan fingerprint density at radius 3 is 2.62 bits per heavy atom. The summed E-state index contributed by atoms with van der Waals surface area (Å²) in [4.78, 5) is 23.6. The summed E-state index contributed by atoms with van der Waals surface area (Å²) in [6.45, 7) is 4.00. The molecule has 1 amide bonds. The lowest BCUT2D eigenvalue weighted by Gasteiger charge is -2.07. The molecule has 24 heavy (non-hydrogen) atoms. The van der Waals surface area contributed by atoms with Crippen molar-refractivity contribution in [3.05, 3.63) is 48.4 Å². The highest BCUT2D eigenvalue weighted by Gasteiger charge is 2.07. The zero-order valence-electron chi connectivity index (χ0n) is 13.8. The van der Waals surface area contributed by atoms with Gasteiger partial charge < -0.3 is 15.8 Å². The molecule has 0 bridgehead atoms. The van der Waals surface area contributed by atoms with Gasteiger partial charge >= 0.3 is 0 Å². The summed E-state index contributed by atoms with van der Waals surface area (Å²) in [5, 5.41) is 3.33. The summed E-state index contributed by atoms with van der Waals surface area (Å²) >= 11 is 0. The number of pyridine rings is 1. The molecular weight excluding hydrogens is 306 g/mol. The van der Waals surface area contributed by atoms with Crippen LogP contribution in [-0.2, 0) is 0 Å². The number of nitrogens with two attached hydrogens (primary N) is 1. The third kappa shape index (κ3) is 3.95. The van der Waals surface area contributed by atoms with E-state index in [0.717, 1.165) is 10.9 Å². The molecule has 0 unspecified atom stereocenters. The molecule has 0 fully saturated rings. The first kappa shape index (κ1) is 17.1. The fourth-order valence-electron chi connectivity index (χ4n) is 1.95. The van der Waals surface area contributed by atoms with Crippen molar-refractivity contribution in [2.45, 2.75) is 13.8 Å². The van der Waals surface area contributed by atoms with Gasteiger partial charge in [-0.3, -0.25) is 9.78 Å². The molecule has 0 atom stereocenters. The van der Waals surface area contributed by atoms with Crippen molar-refractivity contribution in [1.82, 2.24) is 20.3 Å². The number of fused-ring (bicyclic) bond motifs is 1. The van der Waals surface area contributed by atoms with Crippen LogP contribution in [0.3, 0.4) is 0 Å². The van der Waals surface area contributed by atoms with E-state index < -0.39 is 0 Å². The standard InChI is InChI=1S/C15H13N5O2.C2H6/c1-17-14(21)13-7-11(4-5-18-13)22-10-2-3-12-9(6-10)8-19-15(16)20-12;1-2/h2-8H,1H3,(H,17,21)(H2,16,19,20);1-2H3. The quantitative estimate of drug-likeness (QED) is 0.767. The molecule has 0 saturated heterocycles. The smallest absolute Gasteiger partial charge is 0.269 e. The van der Waals surface area contributed by atoms with Gasteiger partial charge in [-0.25, -0.2) is 9.97 Å². The van der Waals surface area contributed by atoms with Crippen LogP contribution in [0, 0.1) is 0 Å². The van der Waals surface area contributed by atoms with Crippen LogP contribution < -0.4 is 15.8 Å². The molecule has 2 aromatic heterocycles. The number of rotatable bonds is 3. The number of carbonyl (C=O) groups excluding carboxylic acids is 1. The Morgan fingerprint density at radius 2 is 1.88 bits per heavy atom. The first-order valence-electron chi connectivity index (χ1n) is 7.54. The van der Waals surface area contributed by atoms with E-state index in [-0.39, 0.29) is 17.5 Å². The van der Waals surface area contributed by atoms with Crippen LogP contribution in [0.5, 0.6) is 11.5 Å². The Kier molecular flexibility index (Phi) is 5.62. The Hall–Kier alpha value is -3.22. The van der Waals surface area contributed by atoms with E-state index in [2.05, 4.69) is 20.3 Å². The second-order valence-electron chi connectivity index (χ2n) is 4.51. The third-order valence-electron chi connectivity index (χ3n) is 3.00. The van der Waals surface area contributed by atoms with E-state index in [1.807, 2.05) is 13.8 Å². The van der Waals surface area contributed by atoms with Crippen molar-refractivity contribution in [3.63, 3.8) is 0 Å². The normalized spacial score (nSPS) is 9.79. The highest BCUT2D eigenvalue weighted by molar-refractivity contribution is 5.92. The minimum absolute atomic E-state index is 0.227. The minimum atomic E-state index is -0.271. The van der Waals surface area contributed by atoms with Gasteiger partial charge in [0.2, 0.25) is 5.95 Å². The maximum absolute atomic E-state index is 11.6. The number of amides is 1. The average Bonchev–Trinajstić information content (AvgIpc) is 2.63. The summed E-state index contributed by atoms with van der Waals surface area (Å²) < 4.78 is 5.75. The van der Waals surface area contributed by atoms with Gasteiger partial charge in [0.05, 0.1) is 5.52 Å². The van der Waals surface area contributed by atoms with Crippen LogP contribution in [0.4, 0.5) is 5.95 Å². The largest absolute Gasteiger partial charge is 0.457 e. The summed E-state index contributed by atoms with van der Waals surface area (Å²) in [5.41, 5.74) is 6.57. The van der Waals surface area contributed by atoms with E-state index in [1.165, 1.54) is 6.20 Å². The van der Waals surface area contributed by atoms with E-state index in [9.17, 15) is 4.79 Å². The number of nitrogens with one attached hydrogen (secondary N) is 1. The van der Waals surface area contributed by atoms with Crippen LogP contribution in [0.1, 0.15) is 24.3 Å². The number of hydrogen-bond donors (Lipinski definition) is 2. The van der Waals surface area contributed by atoms with E-state index >= 15 is 0 Å². The third-order valence-corrected chi connectivity index (χ3v) is 3.00. The van der Waals surface area contributed by atoms with Crippen molar-refractivity contribution in [2.24, 2.45) is 0 Å². The van der Waals surface area contributed by atoms with Gasteiger partial charge in [-0.05, 0) is 24.3 Å². The first-order valence-corrected chi connectivity index (χ1v) is 7.54. The lowest BCUT2D eigenvalue weighted by Crippen LogP contribution is -2.18. The Labute approximate surface area is 139 Å². The lowest BCUT2D eigenvalue weighted by atomic mass is 10.2. The van der Waals surface area contributed by atoms with Crippen LogP contribution in [0.25, 0.3) is 10.9 Å². The number of ether oxygens (including phenoxy) is 1. The predicted molar refractivity (Wildman–Crippen MR) is 93.0 cm³/mol. The summed E-state index contributed by atoms with van der Waals surface area (Å²) in [5.74, 6) is 1.08. The fraction of sp³-hybridized carbons (Fsp3) is 0.176. The molecule has 2 heterocycles. The van der Waals surface area contributed by atoms with Crippen molar-refractivity contribution in [3.8, 4) is 11.5 Å². The molecule has 0 radical (unpaired) electrons. The molecule has 124 valence electrons. The average molecular weight is 325 g/mol. The molecule has 0 aliphatic carbocycles. The van der Waals surface area contributed by atoms with Crippen molar-refractivity contribution in [1.29, 1.82) is 0 Å². The van der Waals surface area contributed by atoms with Gasteiger partial charge in [-0.15, -0.1) is 0 Å². The van der Waals surface area contributed by atoms with Gasteiger partial charge in [0.1, 0.15) is 17.2 Å². The van der Waals surface area contributed by atoms with Crippen LogP contribution in [-0.4, -0.2) is 27.9 Å². The molecule has 3 N–H and O–H groups in total. The number of nitrogens with zero attached hydrogens (tertiary/aromatic N) is 3. The van der Waals surface area contributed by atoms with Gasteiger partial charge in [0.15, 0.2) is 0 Å². The Morgan fingerprint density at radius 1 is 1.12 bits per heavy atom. The van der Waals surface area contributed by atoms with Gasteiger partial charge in [0.25, 0.3) is 5.91 Å². The highest BCUT2D eigenvalue weighted by Crippen LogP contribution is 2.25. The Bertz CT molecular complexity index is 851. The lowest BCUT2D eigenvalue weighted by molar-refractivity contribution is 0.0958. The molecule has 0 saturated carbocycles. The van der Waals surface area contributed by atoms with E-state index in [0.29, 0.717) is 11.5 Å². The Balaban J connectivity index is 0.00000100. The fourth-order valence-corrected chi connectivity index (χ4v) is 1.95. The molecule has 0 aliphatic heterocycles. The maximum Gasteiger partial charge on any atom is 0.269 e. The molecule has 7 nitrogen and oxygen atoms in total. The number of nitrogen functional groups attached to an aromatic ring is 1. The van der Waals surface area contributed by atoms with Crippen LogP contribution >= 0.6 is 0 Å². The van der Waals surface area contributed by atoms with Gasteiger partial charge in [0, 0.05) is 30.9 Å². The molecule has 0 aliphatic rings. The second kappa shape index (κ2) is 7.87. The summed E-state index contributed by atoms with van der Waals surface area (Å²) in [7, 11) is 1.55. The molecular formula is C17H19N5O2. The minimum Gasteiger partial charge on any atom is -0.457 e. The summed E-state index contributed by atoms with van der Waals surface area (Å²) in [6.07, 6.45) is 3.15. The van der Waals surface area contributed by atoms with Crippen molar-refractivity contribution < 1.29 is 9.53 Å². The molecule has 3 rings (SSSR count). The molecule has 1 aromatic carbocycles. The zero-order valence-corrected chi connectivity index (χ0v) is 13.8.